The minimum Gasteiger partial charge on any atom is -0.396 e. The summed E-state index contributed by atoms with van der Waals surface area (Å²) in [6, 6.07) is 13.4. The summed E-state index contributed by atoms with van der Waals surface area (Å²) in [4.78, 5) is 17.8. The minimum atomic E-state index is -0.0186. The number of fused-ring (bicyclic) bond motifs is 1. The summed E-state index contributed by atoms with van der Waals surface area (Å²) in [5, 5.41) is 26.4. The summed E-state index contributed by atoms with van der Waals surface area (Å²) in [5.74, 6) is 1.94. The van der Waals surface area contributed by atoms with Gasteiger partial charge in [-0.25, -0.2) is 24.6 Å². The van der Waals surface area contributed by atoms with Gasteiger partial charge in [0.2, 0.25) is 0 Å². The highest BCUT2D eigenvalue weighted by atomic mass is 16.3. The van der Waals surface area contributed by atoms with Crippen molar-refractivity contribution in [2.75, 3.05) is 11.9 Å². The third-order valence-corrected chi connectivity index (χ3v) is 5.39. The predicted molar refractivity (Wildman–Crippen MR) is 126 cm³/mol. The van der Waals surface area contributed by atoms with Crippen LogP contribution in [0.4, 0.5) is 11.4 Å². The molecule has 0 atom stereocenters. The first kappa shape index (κ1) is 21.2. The molecule has 0 fully saturated rings. The Hall–Kier alpha value is -4.62. The lowest BCUT2D eigenvalue weighted by atomic mass is 10.2. The van der Waals surface area contributed by atoms with Crippen LogP contribution in [-0.4, -0.2) is 46.0 Å². The normalized spacial score (nSPS) is 11.0. The van der Waals surface area contributed by atoms with Crippen LogP contribution in [0.2, 0.25) is 0 Å². The van der Waals surface area contributed by atoms with Gasteiger partial charge in [-0.2, -0.15) is 10.4 Å². The first-order valence-electron chi connectivity index (χ1n) is 10.7. The Labute approximate surface area is 195 Å². The zero-order valence-electron chi connectivity index (χ0n) is 18.6. The van der Waals surface area contributed by atoms with Crippen molar-refractivity contribution >= 4 is 22.4 Å². The zero-order chi connectivity index (χ0) is 23.7. The van der Waals surface area contributed by atoms with E-state index in [1.807, 2.05) is 48.7 Å². The summed E-state index contributed by atoms with van der Waals surface area (Å²) < 4.78 is 3.53. The highest BCUT2D eigenvalue weighted by Gasteiger charge is 2.15. The molecule has 0 unspecified atom stereocenters. The van der Waals surface area contributed by atoms with Gasteiger partial charge in [-0.3, -0.25) is 4.57 Å². The topological polar surface area (TPSA) is 130 Å². The van der Waals surface area contributed by atoms with Crippen LogP contribution in [0.15, 0.2) is 55.1 Å². The summed E-state index contributed by atoms with van der Waals surface area (Å²) >= 11 is 0. The van der Waals surface area contributed by atoms with Crippen LogP contribution in [0.3, 0.4) is 0 Å². The highest BCUT2D eigenvalue weighted by molar-refractivity contribution is 5.82. The molecule has 0 aliphatic heterocycles. The molecule has 168 valence electrons. The molecule has 10 nitrogen and oxygen atoms in total. The molecule has 0 aliphatic carbocycles. The van der Waals surface area contributed by atoms with Crippen LogP contribution in [0, 0.1) is 25.2 Å². The van der Waals surface area contributed by atoms with E-state index in [-0.39, 0.29) is 6.61 Å². The third-order valence-electron chi connectivity index (χ3n) is 5.39. The van der Waals surface area contributed by atoms with Crippen LogP contribution in [0.25, 0.3) is 22.7 Å². The average molecular weight is 451 g/mol. The number of rotatable bonds is 6. The van der Waals surface area contributed by atoms with E-state index >= 15 is 0 Å². The fraction of sp³-hybridized carbons (Fsp3) is 0.167. The average Bonchev–Trinajstić information content (AvgIpc) is 3.44. The van der Waals surface area contributed by atoms with Gasteiger partial charge in [0.15, 0.2) is 11.5 Å². The number of nitrogens with one attached hydrogen (secondary N) is 1. The molecule has 5 rings (SSSR count). The van der Waals surface area contributed by atoms with E-state index in [2.05, 4.69) is 31.4 Å². The number of nitrogens with zero attached hydrogens (tertiary/aromatic N) is 8. The molecule has 2 N–H and O–H groups in total. The molecular weight excluding hydrogens is 430 g/mol. The summed E-state index contributed by atoms with van der Waals surface area (Å²) in [5.41, 5.74) is 5.27. The van der Waals surface area contributed by atoms with E-state index < -0.39 is 0 Å². The SMILES string of the molecule is Cc1ncc(Nc2ccc3c(c2)ncn3-c2ccc(CCO)c(-n3nc(C#N)cc3C)n2)cn1. The van der Waals surface area contributed by atoms with Crippen LogP contribution >= 0.6 is 0 Å². The van der Waals surface area contributed by atoms with E-state index in [0.29, 0.717) is 29.6 Å². The van der Waals surface area contributed by atoms with Crippen LogP contribution in [-0.2, 0) is 6.42 Å². The Balaban J connectivity index is 1.53. The third kappa shape index (κ3) is 3.96. The lowest BCUT2D eigenvalue weighted by Gasteiger charge is -2.12. The Morgan fingerprint density at radius 3 is 2.59 bits per heavy atom. The van der Waals surface area contributed by atoms with Crippen molar-refractivity contribution in [2.45, 2.75) is 20.3 Å². The van der Waals surface area contributed by atoms with Crippen molar-refractivity contribution in [3.05, 3.63) is 77.9 Å². The Kier molecular flexibility index (Phi) is 5.45. The number of aryl methyl sites for hydroxylation is 2. The van der Waals surface area contributed by atoms with Gasteiger partial charge < -0.3 is 10.4 Å². The number of aliphatic hydroxyl groups is 1. The molecule has 0 saturated heterocycles. The van der Waals surface area contributed by atoms with E-state index in [9.17, 15) is 10.4 Å². The maximum atomic E-state index is 9.51. The quantitative estimate of drug-likeness (QED) is 0.403. The van der Waals surface area contributed by atoms with E-state index in [1.165, 1.54) is 0 Å². The minimum absolute atomic E-state index is 0.0186. The molecule has 5 aromatic rings. The molecule has 0 amide bonds. The summed E-state index contributed by atoms with van der Waals surface area (Å²) in [6.45, 7) is 3.69. The maximum absolute atomic E-state index is 9.51. The largest absolute Gasteiger partial charge is 0.396 e. The molecule has 0 saturated carbocycles. The van der Waals surface area contributed by atoms with Gasteiger partial charge in [0.1, 0.15) is 24.0 Å². The van der Waals surface area contributed by atoms with Gasteiger partial charge >= 0.3 is 0 Å². The predicted octanol–water partition coefficient (Wildman–Crippen LogP) is 3.16. The number of benzene rings is 1. The van der Waals surface area contributed by atoms with E-state index in [1.54, 1.807) is 29.5 Å². The second-order valence-electron chi connectivity index (χ2n) is 7.78. The number of nitriles is 1. The van der Waals surface area contributed by atoms with Crippen molar-refractivity contribution < 1.29 is 5.11 Å². The van der Waals surface area contributed by atoms with Gasteiger partial charge in [0.05, 0.1) is 29.1 Å². The van der Waals surface area contributed by atoms with E-state index in [0.717, 1.165) is 33.7 Å². The molecule has 4 heterocycles. The van der Waals surface area contributed by atoms with E-state index in [4.69, 9.17) is 4.98 Å². The van der Waals surface area contributed by atoms with Gasteiger partial charge in [-0.15, -0.1) is 0 Å². The number of pyridine rings is 1. The van der Waals surface area contributed by atoms with Gasteiger partial charge in [-0.1, -0.05) is 6.07 Å². The molecular formula is C24H21N9O. The molecule has 4 aromatic heterocycles. The first-order chi connectivity index (χ1) is 16.6. The number of aromatic nitrogens is 7. The number of hydrogen-bond donors (Lipinski definition) is 2. The molecule has 0 bridgehead atoms. The number of hydrogen-bond acceptors (Lipinski definition) is 8. The summed E-state index contributed by atoms with van der Waals surface area (Å²) in [6.07, 6.45) is 5.61. The Bertz CT molecular complexity index is 1530. The Morgan fingerprint density at radius 1 is 1.03 bits per heavy atom. The fourth-order valence-corrected chi connectivity index (χ4v) is 3.74. The maximum Gasteiger partial charge on any atom is 0.163 e. The molecule has 34 heavy (non-hydrogen) atoms. The monoisotopic (exact) mass is 451 g/mol. The standard InChI is InChI=1S/C24H21N9O/c1-15-9-19(11-25)31-33(15)24-17(7-8-34)3-6-23(30-24)32-14-28-21-10-18(4-5-22(21)32)29-20-12-26-16(2)27-13-20/h3-6,9-10,12-14,29,34H,7-8H2,1-2H3. The van der Waals surface area contributed by atoms with Crippen molar-refractivity contribution in [2.24, 2.45) is 0 Å². The lowest BCUT2D eigenvalue weighted by Crippen LogP contribution is -2.10. The summed E-state index contributed by atoms with van der Waals surface area (Å²) in [7, 11) is 0. The zero-order valence-corrected chi connectivity index (χ0v) is 18.6. The van der Waals surface area contributed by atoms with Gasteiger partial charge in [-0.05, 0) is 56.2 Å². The van der Waals surface area contributed by atoms with Gasteiger partial charge in [0.25, 0.3) is 0 Å². The van der Waals surface area contributed by atoms with Crippen LogP contribution in [0.5, 0.6) is 0 Å². The van der Waals surface area contributed by atoms with Crippen LogP contribution in [0.1, 0.15) is 22.8 Å². The molecule has 1 aromatic carbocycles. The molecule has 0 aliphatic rings. The molecule has 10 heteroatoms. The molecule has 0 spiro atoms. The number of aliphatic hydroxyl groups excluding tert-OH is 1. The second-order valence-corrected chi connectivity index (χ2v) is 7.78. The number of anilines is 2. The van der Waals surface area contributed by atoms with Crippen molar-refractivity contribution in [1.29, 1.82) is 5.26 Å². The van der Waals surface area contributed by atoms with Crippen molar-refractivity contribution in [1.82, 2.24) is 34.3 Å². The smallest absolute Gasteiger partial charge is 0.163 e. The number of imidazole rings is 1. The second kappa shape index (κ2) is 8.73. The van der Waals surface area contributed by atoms with Crippen LogP contribution < -0.4 is 5.32 Å². The fourth-order valence-electron chi connectivity index (χ4n) is 3.74. The highest BCUT2D eigenvalue weighted by Crippen LogP contribution is 2.25. The first-order valence-corrected chi connectivity index (χ1v) is 10.7. The lowest BCUT2D eigenvalue weighted by molar-refractivity contribution is 0.299. The Morgan fingerprint density at radius 2 is 1.85 bits per heavy atom. The van der Waals surface area contributed by atoms with Gasteiger partial charge in [0, 0.05) is 18.0 Å². The van der Waals surface area contributed by atoms with Crippen molar-refractivity contribution in [3.63, 3.8) is 0 Å². The van der Waals surface area contributed by atoms with Crippen molar-refractivity contribution in [3.8, 4) is 17.7 Å². The molecule has 0 radical (unpaired) electrons.